The van der Waals surface area contributed by atoms with Gasteiger partial charge in [-0.3, -0.25) is 4.72 Å². The molecule has 90 valence electrons. The number of rotatable bonds is 4. The van der Waals surface area contributed by atoms with E-state index >= 15 is 0 Å². The lowest BCUT2D eigenvalue weighted by molar-refractivity contribution is -0.137. The molecule has 0 saturated heterocycles. The third-order valence-corrected chi connectivity index (χ3v) is 2.61. The number of nitrogens with two attached hydrogens (primary N) is 1. The standard InChI is InChI=1S/C10H13F3N2S/c1-16-15-5-4-7-2-3-8(6-9(7)14)10(11,12)13/h2-3,6,15H,4-5,14H2,1H3. The van der Waals surface area contributed by atoms with Crippen LogP contribution < -0.4 is 10.5 Å². The molecule has 1 aromatic carbocycles. The van der Waals surface area contributed by atoms with Gasteiger partial charge in [-0.2, -0.15) is 13.2 Å². The molecule has 3 N–H and O–H groups in total. The lowest BCUT2D eigenvalue weighted by Crippen LogP contribution is -2.11. The largest absolute Gasteiger partial charge is 0.416 e. The fraction of sp³-hybridized carbons (Fsp3) is 0.400. The number of alkyl halides is 3. The Morgan fingerprint density at radius 1 is 1.38 bits per heavy atom. The summed E-state index contributed by atoms with van der Waals surface area (Å²) in [5.41, 5.74) is 5.79. The van der Waals surface area contributed by atoms with Crippen LogP contribution in [-0.4, -0.2) is 12.8 Å². The molecule has 0 saturated carbocycles. The van der Waals surface area contributed by atoms with Crippen LogP contribution in [0, 0.1) is 0 Å². The Balaban J connectivity index is 2.76. The molecule has 0 unspecified atom stereocenters. The van der Waals surface area contributed by atoms with Crippen LogP contribution in [0.1, 0.15) is 11.1 Å². The van der Waals surface area contributed by atoms with Crippen molar-refractivity contribution in [1.29, 1.82) is 0 Å². The van der Waals surface area contributed by atoms with E-state index in [2.05, 4.69) is 4.72 Å². The first-order valence-corrected chi connectivity index (χ1v) is 5.89. The lowest BCUT2D eigenvalue weighted by atomic mass is 10.1. The quantitative estimate of drug-likeness (QED) is 0.490. The number of nitrogens with one attached hydrogen (secondary N) is 1. The van der Waals surface area contributed by atoms with E-state index in [0.29, 0.717) is 13.0 Å². The Morgan fingerprint density at radius 3 is 2.56 bits per heavy atom. The van der Waals surface area contributed by atoms with Gasteiger partial charge in [-0.25, -0.2) is 0 Å². The maximum atomic E-state index is 12.3. The van der Waals surface area contributed by atoms with Gasteiger partial charge >= 0.3 is 6.18 Å². The van der Waals surface area contributed by atoms with Crippen molar-refractivity contribution >= 4 is 17.6 Å². The van der Waals surface area contributed by atoms with Crippen molar-refractivity contribution in [3.8, 4) is 0 Å². The van der Waals surface area contributed by atoms with Gasteiger partial charge in [0.25, 0.3) is 0 Å². The van der Waals surface area contributed by atoms with Crippen LogP contribution in [0.2, 0.25) is 0 Å². The number of hydrogen-bond donors (Lipinski definition) is 2. The highest BCUT2D eigenvalue weighted by atomic mass is 32.2. The third-order valence-electron chi connectivity index (χ3n) is 2.11. The molecule has 16 heavy (non-hydrogen) atoms. The van der Waals surface area contributed by atoms with Crippen molar-refractivity contribution in [1.82, 2.24) is 4.72 Å². The van der Waals surface area contributed by atoms with Crippen molar-refractivity contribution < 1.29 is 13.2 Å². The van der Waals surface area contributed by atoms with E-state index in [9.17, 15) is 13.2 Å². The van der Waals surface area contributed by atoms with Gasteiger partial charge in [0.05, 0.1) is 5.56 Å². The Labute approximate surface area is 96.5 Å². The predicted octanol–water partition coefficient (Wildman–Crippen LogP) is 2.70. The van der Waals surface area contributed by atoms with Gasteiger partial charge in [0, 0.05) is 12.2 Å². The monoisotopic (exact) mass is 250 g/mol. The smallest absolute Gasteiger partial charge is 0.398 e. The molecule has 6 heteroatoms. The normalized spacial score (nSPS) is 11.8. The summed E-state index contributed by atoms with van der Waals surface area (Å²) < 4.78 is 40.0. The van der Waals surface area contributed by atoms with E-state index in [1.807, 2.05) is 6.26 Å². The van der Waals surface area contributed by atoms with Crippen molar-refractivity contribution in [3.05, 3.63) is 29.3 Å². The SMILES string of the molecule is CSNCCc1ccc(C(F)(F)F)cc1N. The Kier molecular flexibility index (Phi) is 4.49. The van der Waals surface area contributed by atoms with E-state index in [0.717, 1.165) is 17.7 Å². The highest BCUT2D eigenvalue weighted by Crippen LogP contribution is 2.31. The van der Waals surface area contributed by atoms with Gasteiger partial charge in [0.1, 0.15) is 0 Å². The van der Waals surface area contributed by atoms with Crippen LogP contribution in [0.4, 0.5) is 18.9 Å². The number of benzene rings is 1. The number of nitrogen functional groups attached to an aromatic ring is 1. The molecular weight excluding hydrogens is 237 g/mol. The molecule has 2 nitrogen and oxygen atoms in total. The molecule has 1 aromatic rings. The van der Waals surface area contributed by atoms with Crippen molar-refractivity contribution in [2.45, 2.75) is 12.6 Å². The van der Waals surface area contributed by atoms with Gasteiger partial charge in [0.2, 0.25) is 0 Å². The van der Waals surface area contributed by atoms with E-state index in [1.165, 1.54) is 18.0 Å². The number of anilines is 1. The molecule has 0 bridgehead atoms. The van der Waals surface area contributed by atoms with Crippen molar-refractivity contribution in [2.24, 2.45) is 0 Å². The average molecular weight is 250 g/mol. The average Bonchev–Trinajstić information content (AvgIpc) is 2.19. The number of hydrogen-bond acceptors (Lipinski definition) is 3. The second kappa shape index (κ2) is 5.45. The fourth-order valence-electron chi connectivity index (χ4n) is 1.29. The summed E-state index contributed by atoms with van der Waals surface area (Å²) in [6.45, 7) is 0.677. The second-order valence-corrected chi connectivity index (χ2v) is 3.96. The Hall–Kier alpha value is -0.880. The van der Waals surface area contributed by atoms with Crippen molar-refractivity contribution in [2.75, 3.05) is 18.5 Å². The zero-order chi connectivity index (χ0) is 12.2. The van der Waals surface area contributed by atoms with Crippen LogP contribution in [0.25, 0.3) is 0 Å². The highest BCUT2D eigenvalue weighted by molar-refractivity contribution is 7.96. The molecule has 0 heterocycles. The van der Waals surface area contributed by atoms with E-state index in [4.69, 9.17) is 5.73 Å². The van der Waals surface area contributed by atoms with Gasteiger partial charge in [-0.1, -0.05) is 18.0 Å². The first-order chi connectivity index (χ1) is 7.45. The minimum atomic E-state index is -4.33. The summed E-state index contributed by atoms with van der Waals surface area (Å²) in [7, 11) is 0. The summed E-state index contributed by atoms with van der Waals surface area (Å²) in [5, 5.41) is 0. The maximum absolute atomic E-state index is 12.3. The van der Waals surface area contributed by atoms with E-state index in [1.54, 1.807) is 0 Å². The molecule has 0 aromatic heterocycles. The van der Waals surface area contributed by atoms with E-state index < -0.39 is 11.7 Å². The molecule has 0 radical (unpaired) electrons. The summed E-state index contributed by atoms with van der Waals surface area (Å²) in [4.78, 5) is 0. The first-order valence-electron chi connectivity index (χ1n) is 4.66. The maximum Gasteiger partial charge on any atom is 0.416 e. The molecular formula is C10H13F3N2S. The van der Waals surface area contributed by atoms with Crippen molar-refractivity contribution in [3.63, 3.8) is 0 Å². The second-order valence-electron chi connectivity index (χ2n) is 3.26. The Morgan fingerprint density at radius 2 is 2.06 bits per heavy atom. The van der Waals surface area contributed by atoms with Crippen LogP contribution in [0.15, 0.2) is 18.2 Å². The van der Waals surface area contributed by atoms with E-state index in [-0.39, 0.29) is 5.69 Å². The van der Waals surface area contributed by atoms with Gasteiger partial charge < -0.3 is 5.73 Å². The lowest BCUT2D eigenvalue weighted by Gasteiger charge is -2.10. The molecule has 0 aliphatic heterocycles. The summed E-state index contributed by atoms with van der Waals surface area (Å²) in [5.74, 6) is 0. The molecule has 0 aliphatic rings. The minimum absolute atomic E-state index is 0.192. The predicted molar refractivity (Wildman–Crippen MR) is 61.1 cm³/mol. The molecule has 0 aliphatic carbocycles. The number of halogens is 3. The molecule has 0 amide bonds. The third kappa shape index (κ3) is 3.61. The zero-order valence-corrected chi connectivity index (χ0v) is 9.58. The molecule has 0 fully saturated rings. The molecule has 1 rings (SSSR count). The first kappa shape index (κ1) is 13.2. The van der Waals surface area contributed by atoms with Gasteiger partial charge in [-0.05, 0) is 30.4 Å². The highest BCUT2D eigenvalue weighted by Gasteiger charge is 2.30. The van der Waals surface area contributed by atoms with Gasteiger partial charge in [-0.15, -0.1) is 0 Å². The van der Waals surface area contributed by atoms with Crippen LogP contribution in [0.3, 0.4) is 0 Å². The topological polar surface area (TPSA) is 38.0 Å². The van der Waals surface area contributed by atoms with Gasteiger partial charge in [0.15, 0.2) is 0 Å². The zero-order valence-electron chi connectivity index (χ0n) is 8.77. The minimum Gasteiger partial charge on any atom is -0.398 e. The van der Waals surface area contributed by atoms with Crippen LogP contribution >= 0.6 is 11.9 Å². The van der Waals surface area contributed by atoms with Crippen LogP contribution in [0.5, 0.6) is 0 Å². The summed E-state index contributed by atoms with van der Waals surface area (Å²) >= 11 is 1.46. The fourth-order valence-corrected chi connectivity index (χ4v) is 1.59. The summed E-state index contributed by atoms with van der Waals surface area (Å²) in [6.07, 6.45) is -1.83. The molecule has 0 atom stereocenters. The summed E-state index contributed by atoms with van der Waals surface area (Å²) in [6, 6.07) is 3.47. The molecule has 0 spiro atoms. The van der Waals surface area contributed by atoms with Crippen LogP contribution in [-0.2, 0) is 12.6 Å². The Bertz CT molecular complexity index is 352.